The maximum atomic E-state index is 12.6. The molecule has 1 heterocycles. The quantitative estimate of drug-likeness (QED) is 0.890. The van der Waals surface area contributed by atoms with Crippen molar-refractivity contribution in [2.75, 3.05) is 0 Å². The number of carbonyl (C=O) groups excluding carboxylic acids is 1. The van der Waals surface area contributed by atoms with Crippen LogP contribution in [0, 0.1) is 5.92 Å². The number of carboxylic acid groups (broad SMARTS) is 1. The smallest absolute Gasteiger partial charge is 0.427 e. The van der Waals surface area contributed by atoms with Gasteiger partial charge >= 0.3 is 12.1 Å². The molecule has 2 rings (SSSR count). The monoisotopic (exact) mass is 294 g/mol. The fraction of sp³-hybridized carbons (Fsp3) is 0.500. The third-order valence-corrected chi connectivity index (χ3v) is 3.73. The van der Waals surface area contributed by atoms with Crippen LogP contribution in [0.25, 0.3) is 0 Å². The highest BCUT2D eigenvalue weighted by molar-refractivity contribution is 7.10. The van der Waals surface area contributed by atoms with E-state index in [9.17, 15) is 22.8 Å². The Hall–Kier alpha value is -1.64. The summed E-state index contributed by atoms with van der Waals surface area (Å²) in [4.78, 5) is 24.6. The lowest BCUT2D eigenvalue weighted by Gasteiger charge is -2.32. The van der Waals surface area contributed by atoms with Gasteiger partial charge < -0.3 is 10.4 Å². The molecule has 1 fully saturated rings. The van der Waals surface area contributed by atoms with Gasteiger partial charge in [-0.1, -0.05) is 0 Å². The first kappa shape index (κ1) is 13.8. The van der Waals surface area contributed by atoms with Crippen LogP contribution in [0.15, 0.2) is 5.51 Å². The van der Waals surface area contributed by atoms with Crippen molar-refractivity contribution in [3.63, 3.8) is 0 Å². The molecule has 9 heteroatoms. The third kappa shape index (κ3) is 2.86. The average molecular weight is 294 g/mol. The Bertz CT molecular complexity index is 508. The van der Waals surface area contributed by atoms with Crippen molar-refractivity contribution in [2.24, 2.45) is 5.92 Å². The number of carboxylic acids is 1. The predicted molar refractivity (Wildman–Crippen MR) is 58.7 cm³/mol. The maximum absolute atomic E-state index is 12.6. The first-order valence-electron chi connectivity index (χ1n) is 5.33. The van der Waals surface area contributed by atoms with Crippen LogP contribution in [0.1, 0.15) is 28.2 Å². The van der Waals surface area contributed by atoms with Gasteiger partial charge in [-0.05, 0) is 12.8 Å². The van der Waals surface area contributed by atoms with Crippen LogP contribution in [0.4, 0.5) is 13.2 Å². The first-order valence-corrected chi connectivity index (χ1v) is 6.21. The van der Waals surface area contributed by atoms with Crippen molar-refractivity contribution in [1.29, 1.82) is 0 Å². The molecule has 0 spiro atoms. The van der Waals surface area contributed by atoms with Crippen LogP contribution in [0.2, 0.25) is 0 Å². The first-order chi connectivity index (χ1) is 8.79. The van der Waals surface area contributed by atoms with Crippen LogP contribution >= 0.6 is 11.3 Å². The molecule has 19 heavy (non-hydrogen) atoms. The lowest BCUT2D eigenvalue weighted by molar-refractivity contribution is -0.145. The van der Waals surface area contributed by atoms with Gasteiger partial charge in [0.15, 0.2) is 5.69 Å². The molecule has 0 saturated heterocycles. The molecule has 0 atom stereocenters. The number of amides is 1. The van der Waals surface area contributed by atoms with Crippen LogP contribution in [0.3, 0.4) is 0 Å². The fourth-order valence-electron chi connectivity index (χ4n) is 1.80. The lowest BCUT2D eigenvalue weighted by Crippen LogP contribution is -2.47. The largest absolute Gasteiger partial charge is 0.481 e. The van der Waals surface area contributed by atoms with Gasteiger partial charge in [-0.2, -0.15) is 13.2 Å². The summed E-state index contributed by atoms with van der Waals surface area (Å²) < 4.78 is 37.7. The maximum Gasteiger partial charge on any atom is 0.427 e. The minimum Gasteiger partial charge on any atom is -0.481 e. The number of nitrogens with one attached hydrogen (secondary N) is 1. The molecule has 1 aliphatic rings. The van der Waals surface area contributed by atoms with Crippen molar-refractivity contribution in [3.8, 4) is 0 Å². The summed E-state index contributed by atoms with van der Waals surface area (Å²) >= 11 is 0.352. The van der Waals surface area contributed by atoms with Crippen LogP contribution in [0.5, 0.6) is 0 Å². The SMILES string of the molecule is O=C(NC1CC(C(=O)O)C1)c1ncsc1C(F)(F)F. The van der Waals surface area contributed by atoms with E-state index in [0.717, 1.165) is 5.51 Å². The molecule has 104 valence electrons. The van der Waals surface area contributed by atoms with Gasteiger partial charge in [-0.3, -0.25) is 9.59 Å². The summed E-state index contributed by atoms with van der Waals surface area (Å²) in [5.74, 6) is -2.42. The molecule has 5 nitrogen and oxygen atoms in total. The topological polar surface area (TPSA) is 79.3 Å². The van der Waals surface area contributed by atoms with Crippen molar-refractivity contribution in [2.45, 2.75) is 25.1 Å². The molecule has 0 aliphatic heterocycles. The summed E-state index contributed by atoms with van der Waals surface area (Å²) in [5.41, 5.74) is 0.301. The van der Waals surface area contributed by atoms with E-state index >= 15 is 0 Å². The second-order valence-corrected chi connectivity index (χ2v) is 5.06. The number of alkyl halides is 3. The van der Waals surface area contributed by atoms with E-state index in [4.69, 9.17) is 5.11 Å². The Morgan fingerprint density at radius 1 is 1.42 bits per heavy atom. The number of rotatable bonds is 3. The highest BCUT2D eigenvalue weighted by Crippen LogP contribution is 2.35. The van der Waals surface area contributed by atoms with Crippen molar-refractivity contribution in [3.05, 3.63) is 16.1 Å². The zero-order chi connectivity index (χ0) is 14.2. The van der Waals surface area contributed by atoms with Crippen LogP contribution < -0.4 is 5.32 Å². The summed E-state index contributed by atoms with van der Waals surface area (Å²) in [7, 11) is 0. The molecular weight excluding hydrogens is 285 g/mol. The lowest BCUT2D eigenvalue weighted by atomic mass is 9.80. The van der Waals surface area contributed by atoms with E-state index in [1.165, 1.54) is 0 Å². The summed E-state index contributed by atoms with van der Waals surface area (Å²) in [6, 6.07) is -0.406. The number of carbonyl (C=O) groups is 2. The molecule has 2 N–H and O–H groups in total. The van der Waals surface area contributed by atoms with E-state index in [2.05, 4.69) is 10.3 Å². The highest BCUT2D eigenvalue weighted by atomic mass is 32.1. The van der Waals surface area contributed by atoms with E-state index in [1.807, 2.05) is 0 Å². The van der Waals surface area contributed by atoms with Crippen molar-refractivity contribution >= 4 is 23.2 Å². The van der Waals surface area contributed by atoms with E-state index in [1.54, 1.807) is 0 Å². The van der Waals surface area contributed by atoms with Gasteiger partial charge in [0.05, 0.1) is 11.4 Å². The predicted octanol–water partition coefficient (Wildman–Crippen LogP) is 1.75. The zero-order valence-electron chi connectivity index (χ0n) is 9.40. The minimum absolute atomic E-state index is 0.229. The number of thiazole rings is 1. The molecule has 0 bridgehead atoms. The van der Waals surface area contributed by atoms with Gasteiger partial charge in [-0.25, -0.2) is 4.98 Å². The Morgan fingerprint density at radius 2 is 2.05 bits per heavy atom. The van der Waals surface area contributed by atoms with Gasteiger partial charge in [-0.15, -0.1) is 11.3 Å². The molecule has 1 aromatic heterocycles. The standard InChI is InChI=1S/C10H9F3N2O3S/c11-10(12,13)7-6(14-3-19-7)8(16)15-5-1-4(2-5)9(17)18/h3-5H,1-2H2,(H,15,16)(H,17,18). The van der Waals surface area contributed by atoms with Gasteiger partial charge in [0.25, 0.3) is 5.91 Å². The zero-order valence-corrected chi connectivity index (χ0v) is 10.2. The molecule has 1 amide bonds. The fourth-order valence-corrected chi connectivity index (χ4v) is 2.45. The Kier molecular flexibility index (Phi) is 3.48. The highest BCUT2D eigenvalue weighted by Gasteiger charge is 2.40. The normalized spacial score (nSPS) is 22.7. The Labute approximate surface area is 109 Å². The van der Waals surface area contributed by atoms with Gasteiger partial charge in [0.1, 0.15) is 4.88 Å². The average Bonchev–Trinajstić information content (AvgIpc) is 2.69. The molecule has 1 aliphatic carbocycles. The number of aromatic nitrogens is 1. The van der Waals surface area contributed by atoms with Crippen molar-refractivity contribution < 1.29 is 27.9 Å². The number of hydrogen-bond donors (Lipinski definition) is 2. The molecule has 1 aromatic rings. The van der Waals surface area contributed by atoms with Crippen LogP contribution in [-0.2, 0) is 11.0 Å². The van der Waals surface area contributed by atoms with Crippen molar-refractivity contribution in [1.82, 2.24) is 10.3 Å². The number of aliphatic carboxylic acids is 1. The Balaban J connectivity index is 1.99. The van der Waals surface area contributed by atoms with Gasteiger partial charge in [0.2, 0.25) is 0 Å². The second-order valence-electron chi connectivity index (χ2n) is 4.20. The number of hydrogen-bond acceptors (Lipinski definition) is 4. The summed E-state index contributed by atoms with van der Waals surface area (Å²) in [5, 5.41) is 11.0. The van der Waals surface area contributed by atoms with Gasteiger partial charge in [0, 0.05) is 6.04 Å². The second kappa shape index (κ2) is 4.80. The number of halogens is 3. The number of nitrogens with zero attached hydrogens (tertiary/aromatic N) is 1. The van der Waals surface area contributed by atoms with E-state index in [-0.39, 0.29) is 12.8 Å². The molecule has 0 radical (unpaired) electrons. The third-order valence-electron chi connectivity index (χ3n) is 2.86. The Morgan fingerprint density at radius 3 is 2.58 bits per heavy atom. The molecule has 0 aromatic carbocycles. The molecule has 0 unspecified atom stereocenters. The van der Waals surface area contributed by atoms with Crippen LogP contribution in [-0.4, -0.2) is 28.0 Å². The summed E-state index contributed by atoms with van der Waals surface area (Å²) in [6.45, 7) is 0. The summed E-state index contributed by atoms with van der Waals surface area (Å²) in [6.07, 6.45) is -4.16. The van der Waals surface area contributed by atoms with E-state index in [0.29, 0.717) is 11.3 Å². The molecular formula is C10H9F3N2O3S. The molecule has 1 saturated carbocycles. The minimum atomic E-state index is -4.61. The van der Waals surface area contributed by atoms with E-state index < -0.39 is 40.6 Å².